The highest BCUT2D eigenvalue weighted by Crippen LogP contribution is 2.02. The molecule has 0 unspecified atom stereocenters. The van der Waals surface area contributed by atoms with E-state index in [2.05, 4.69) is 5.32 Å². The Balaban J connectivity index is 2.35. The normalized spacial score (nSPS) is 11.8. The summed E-state index contributed by atoms with van der Waals surface area (Å²) in [5, 5.41) is 2.67. The van der Waals surface area contributed by atoms with Crippen LogP contribution in [0.2, 0.25) is 0 Å². The third-order valence-electron chi connectivity index (χ3n) is 2.63. The highest BCUT2D eigenvalue weighted by Gasteiger charge is 2.11. The Morgan fingerprint density at radius 3 is 2.61 bits per heavy atom. The van der Waals surface area contributed by atoms with Gasteiger partial charge in [0, 0.05) is 0 Å². The molecule has 4 nitrogen and oxygen atoms in total. The quantitative estimate of drug-likeness (QED) is 0.672. The van der Waals surface area contributed by atoms with Gasteiger partial charge < -0.3 is 11.1 Å². The maximum absolute atomic E-state index is 11.7. The Bertz CT molecular complexity index is 365. The number of hydrogen-bond acceptors (Lipinski definition) is 3. The molecule has 1 rings (SSSR count). The summed E-state index contributed by atoms with van der Waals surface area (Å²) in [6.45, 7) is 0.601. The molecule has 1 atom stereocenters. The third kappa shape index (κ3) is 5.59. The van der Waals surface area contributed by atoms with Crippen LogP contribution in [0.1, 0.15) is 24.8 Å². The van der Waals surface area contributed by atoms with Crippen LogP contribution >= 0.6 is 0 Å². The van der Waals surface area contributed by atoms with E-state index in [1.807, 2.05) is 36.6 Å². The summed E-state index contributed by atoms with van der Waals surface area (Å²) in [7, 11) is 0. The first-order valence-electron chi connectivity index (χ1n) is 6.17. The van der Waals surface area contributed by atoms with Crippen molar-refractivity contribution in [2.24, 2.45) is 5.73 Å². The molecule has 0 aliphatic rings. The molecule has 0 saturated carbocycles. The maximum Gasteiger partial charge on any atom is 0.225 e. The zero-order valence-electron chi connectivity index (χ0n) is 10.4. The van der Waals surface area contributed by atoms with Crippen molar-refractivity contribution < 1.29 is 9.59 Å². The van der Waals surface area contributed by atoms with Gasteiger partial charge in [0.15, 0.2) is 0 Å². The van der Waals surface area contributed by atoms with Crippen molar-refractivity contribution in [2.75, 3.05) is 6.54 Å². The number of amides is 1. The van der Waals surface area contributed by atoms with Crippen LogP contribution in [0, 0.1) is 0 Å². The van der Waals surface area contributed by atoms with E-state index in [0.717, 1.165) is 18.4 Å². The van der Waals surface area contributed by atoms with Gasteiger partial charge in [0.05, 0.1) is 12.5 Å². The minimum Gasteiger partial charge on any atom is -0.346 e. The average molecular weight is 247 g/mol. The number of unbranched alkanes of at least 4 members (excludes halogenated alkanes) is 1. The SMILES string of the molecule is NCCCC[C@@H]([C]=O)NC(=O)Cc1ccccc1. The standard InChI is InChI=1S/C14H19N2O2/c15-9-5-4-8-13(11-17)16-14(18)10-12-6-2-1-3-7-12/h1-3,6-7,13H,4-5,8-10,15H2,(H,16,18)/t13-/m0/s1. The van der Waals surface area contributed by atoms with Crippen LogP contribution in [0.4, 0.5) is 0 Å². The summed E-state index contributed by atoms with van der Waals surface area (Å²) in [5.41, 5.74) is 6.31. The van der Waals surface area contributed by atoms with Gasteiger partial charge in [-0.25, -0.2) is 0 Å². The first-order chi connectivity index (χ1) is 8.76. The van der Waals surface area contributed by atoms with Crippen LogP contribution in [0.3, 0.4) is 0 Å². The monoisotopic (exact) mass is 247 g/mol. The van der Waals surface area contributed by atoms with E-state index >= 15 is 0 Å². The van der Waals surface area contributed by atoms with Crippen molar-refractivity contribution >= 4 is 12.2 Å². The van der Waals surface area contributed by atoms with Crippen molar-refractivity contribution in [3.05, 3.63) is 35.9 Å². The van der Waals surface area contributed by atoms with Crippen molar-refractivity contribution in [2.45, 2.75) is 31.7 Å². The lowest BCUT2D eigenvalue weighted by molar-refractivity contribution is -0.120. The second kappa shape index (κ2) is 8.42. The number of carbonyl (C=O) groups is 1. The number of rotatable bonds is 8. The molecule has 0 aromatic heterocycles. The first-order valence-corrected chi connectivity index (χ1v) is 6.17. The first kappa shape index (κ1) is 14.4. The largest absolute Gasteiger partial charge is 0.346 e. The summed E-state index contributed by atoms with van der Waals surface area (Å²) in [6.07, 6.45) is 4.42. The predicted molar refractivity (Wildman–Crippen MR) is 70.7 cm³/mol. The van der Waals surface area contributed by atoms with Gasteiger partial charge >= 0.3 is 0 Å². The molecule has 0 saturated heterocycles. The van der Waals surface area contributed by atoms with Gasteiger partial charge in [-0.3, -0.25) is 9.59 Å². The van der Waals surface area contributed by atoms with Crippen LogP contribution in [-0.4, -0.2) is 24.8 Å². The molecule has 0 aliphatic carbocycles. The fourth-order valence-electron chi connectivity index (χ4n) is 1.68. The van der Waals surface area contributed by atoms with E-state index in [4.69, 9.17) is 5.73 Å². The van der Waals surface area contributed by atoms with Crippen LogP contribution in [0.25, 0.3) is 0 Å². The Hall–Kier alpha value is -1.68. The molecule has 0 bridgehead atoms. The molecule has 97 valence electrons. The molecule has 0 spiro atoms. The topological polar surface area (TPSA) is 72.2 Å². The maximum atomic E-state index is 11.7. The molecule has 4 heteroatoms. The number of nitrogens with two attached hydrogens (primary N) is 1. The van der Waals surface area contributed by atoms with E-state index in [0.29, 0.717) is 13.0 Å². The lowest BCUT2D eigenvalue weighted by Crippen LogP contribution is -2.37. The second-order valence-corrected chi connectivity index (χ2v) is 4.18. The minimum atomic E-state index is -0.521. The van der Waals surface area contributed by atoms with Crippen LogP contribution in [0.15, 0.2) is 30.3 Å². The average Bonchev–Trinajstić information content (AvgIpc) is 2.39. The fourth-order valence-corrected chi connectivity index (χ4v) is 1.68. The van der Waals surface area contributed by atoms with Crippen LogP contribution < -0.4 is 11.1 Å². The lowest BCUT2D eigenvalue weighted by atomic mass is 10.1. The summed E-state index contributed by atoms with van der Waals surface area (Å²) < 4.78 is 0. The molecule has 0 fully saturated rings. The number of hydrogen-bond donors (Lipinski definition) is 2. The predicted octanol–water partition coefficient (Wildman–Crippen LogP) is 0.953. The van der Waals surface area contributed by atoms with Gasteiger partial charge in [-0.05, 0) is 31.4 Å². The molecule has 1 aromatic carbocycles. The molecule has 0 aliphatic heterocycles. The van der Waals surface area contributed by atoms with Gasteiger partial charge in [0.1, 0.15) is 0 Å². The number of benzene rings is 1. The highest BCUT2D eigenvalue weighted by atomic mass is 16.2. The summed E-state index contributed by atoms with van der Waals surface area (Å²) in [5.74, 6) is -0.151. The Kier molecular flexibility index (Phi) is 6.72. The highest BCUT2D eigenvalue weighted by molar-refractivity contribution is 5.81. The van der Waals surface area contributed by atoms with E-state index in [-0.39, 0.29) is 12.3 Å². The van der Waals surface area contributed by atoms with E-state index in [1.54, 1.807) is 0 Å². The Morgan fingerprint density at radius 1 is 1.28 bits per heavy atom. The molecule has 3 N–H and O–H groups in total. The summed E-state index contributed by atoms with van der Waals surface area (Å²) in [6, 6.07) is 8.91. The molecular formula is C14H19N2O2. The van der Waals surface area contributed by atoms with E-state index < -0.39 is 6.04 Å². The lowest BCUT2D eigenvalue weighted by Gasteiger charge is -2.11. The van der Waals surface area contributed by atoms with Crippen LogP contribution in [0.5, 0.6) is 0 Å². The molecular weight excluding hydrogens is 228 g/mol. The molecule has 1 radical (unpaired) electrons. The zero-order valence-corrected chi connectivity index (χ0v) is 10.4. The van der Waals surface area contributed by atoms with Gasteiger partial charge in [0.25, 0.3) is 0 Å². The molecule has 1 amide bonds. The summed E-state index contributed by atoms with van der Waals surface area (Å²) in [4.78, 5) is 22.4. The Labute approximate surface area is 108 Å². The van der Waals surface area contributed by atoms with Crippen molar-refractivity contribution in [3.63, 3.8) is 0 Å². The van der Waals surface area contributed by atoms with Crippen LogP contribution in [-0.2, 0) is 16.0 Å². The van der Waals surface area contributed by atoms with Gasteiger partial charge in [-0.1, -0.05) is 30.3 Å². The minimum absolute atomic E-state index is 0.151. The fraction of sp³-hybridized carbons (Fsp3) is 0.429. The van der Waals surface area contributed by atoms with Crippen molar-refractivity contribution in [3.8, 4) is 0 Å². The van der Waals surface area contributed by atoms with Gasteiger partial charge in [-0.15, -0.1) is 0 Å². The van der Waals surface area contributed by atoms with Crippen molar-refractivity contribution in [1.82, 2.24) is 5.32 Å². The molecule has 18 heavy (non-hydrogen) atoms. The van der Waals surface area contributed by atoms with Gasteiger partial charge in [-0.2, -0.15) is 0 Å². The van der Waals surface area contributed by atoms with Gasteiger partial charge in [0.2, 0.25) is 12.2 Å². The Morgan fingerprint density at radius 2 is 2.00 bits per heavy atom. The third-order valence-corrected chi connectivity index (χ3v) is 2.63. The zero-order chi connectivity index (χ0) is 13.2. The number of carbonyl (C=O) groups excluding carboxylic acids is 2. The number of nitrogens with one attached hydrogen (secondary N) is 1. The second-order valence-electron chi connectivity index (χ2n) is 4.18. The smallest absolute Gasteiger partial charge is 0.225 e. The molecule has 0 heterocycles. The molecule has 1 aromatic rings. The summed E-state index contributed by atoms with van der Waals surface area (Å²) >= 11 is 0. The van der Waals surface area contributed by atoms with E-state index in [9.17, 15) is 9.59 Å². The van der Waals surface area contributed by atoms with E-state index in [1.165, 1.54) is 0 Å². The van der Waals surface area contributed by atoms with Crippen molar-refractivity contribution in [1.29, 1.82) is 0 Å².